The number of rotatable bonds is 2. The molecule has 5 heteroatoms. The van der Waals surface area contributed by atoms with E-state index >= 15 is 0 Å². The monoisotopic (exact) mass is 250 g/mol. The zero-order valence-corrected chi connectivity index (χ0v) is 9.91. The maximum atomic E-state index is 13.2. The SMILES string of the molecule is C=C(S)Cc1nc2c(C#N)cc(F)cc2s1. The number of nitrogens with zero attached hydrogens (tertiary/aromatic N) is 2. The van der Waals surface area contributed by atoms with E-state index in [2.05, 4.69) is 24.2 Å². The average molecular weight is 250 g/mol. The number of thiazole rings is 1. The second-order valence-corrected chi connectivity index (χ2v) is 5.01. The maximum absolute atomic E-state index is 13.2. The van der Waals surface area contributed by atoms with E-state index in [1.54, 1.807) is 0 Å². The van der Waals surface area contributed by atoms with Crippen LogP contribution in [0, 0.1) is 17.1 Å². The van der Waals surface area contributed by atoms with Crippen LogP contribution in [0.1, 0.15) is 10.6 Å². The van der Waals surface area contributed by atoms with Gasteiger partial charge in [-0.1, -0.05) is 6.58 Å². The van der Waals surface area contributed by atoms with Crippen LogP contribution in [0.15, 0.2) is 23.6 Å². The molecule has 80 valence electrons. The standard InChI is InChI=1S/C11H7FN2S2/c1-6(15)2-10-14-11-7(5-13)3-8(12)4-9(11)16-10/h3-4,15H,1-2H2. The highest BCUT2D eigenvalue weighted by atomic mass is 32.1. The summed E-state index contributed by atoms with van der Waals surface area (Å²) in [6.45, 7) is 3.67. The van der Waals surface area contributed by atoms with Crippen molar-refractivity contribution in [3.05, 3.63) is 40.0 Å². The van der Waals surface area contributed by atoms with Crippen molar-refractivity contribution in [3.8, 4) is 6.07 Å². The lowest BCUT2D eigenvalue weighted by Gasteiger charge is -1.91. The Hall–Kier alpha value is -1.38. The first kappa shape index (κ1) is 11.1. The van der Waals surface area contributed by atoms with Gasteiger partial charge in [-0.3, -0.25) is 0 Å². The van der Waals surface area contributed by atoms with Crippen molar-refractivity contribution >= 4 is 34.2 Å². The van der Waals surface area contributed by atoms with E-state index in [1.165, 1.54) is 23.5 Å². The highest BCUT2D eigenvalue weighted by molar-refractivity contribution is 7.84. The zero-order valence-electron chi connectivity index (χ0n) is 8.20. The number of benzene rings is 1. The van der Waals surface area contributed by atoms with Gasteiger partial charge in [-0.25, -0.2) is 9.37 Å². The first-order valence-corrected chi connectivity index (χ1v) is 5.72. The molecular formula is C11H7FN2S2. The minimum Gasteiger partial charge on any atom is -0.239 e. The van der Waals surface area contributed by atoms with E-state index in [0.717, 1.165) is 5.01 Å². The van der Waals surface area contributed by atoms with Crippen molar-refractivity contribution in [2.75, 3.05) is 0 Å². The van der Waals surface area contributed by atoms with Gasteiger partial charge >= 0.3 is 0 Å². The molecule has 0 aliphatic carbocycles. The van der Waals surface area contributed by atoms with Crippen LogP contribution in [-0.2, 0) is 6.42 Å². The number of nitriles is 1. The molecular weight excluding hydrogens is 243 g/mol. The van der Waals surface area contributed by atoms with Gasteiger partial charge in [0.1, 0.15) is 11.9 Å². The zero-order chi connectivity index (χ0) is 11.7. The minimum absolute atomic E-state index is 0.266. The first-order chi connectivity index (χ1) is 7.60. The summed E-state index contributed by atoms with van der Waals surface area (Å²) in [4.78, 5) is 4.98. The molecule has 0 fully saturated rings. The van der Waals surface area contributed by atoms with E-state index in [9.17, 15) is 4.39 Å². The lowest BCUT2D eigenvalue weighted by molar-refractivity contribution is 0.629. The van der Waals surface area contributed by atoms with Crippen LogP contribution >= 0.6 is 24.0 Å². The number of hydrogen-bond acceptors (Lipinski definition) is 4. The molecule has 16 heavy (non-hydrogen) atoms. The third-order valence-corrected chi connectivity index (χ3v) is 3.14. The van der Waals surface area contributed by atoms with Crippen LogP contribution < -0.4 is 0 Å². The van der Waals surface area contributed by atoms with Gasteiger partial charge in [0.05, 0.1) is 20.8 Å². The summed E-state index contributed by atoms with van der Waals surface area (Å²) in [5.74, 6) is -0.413. The molecule has 2 rings (SSSR count). The Morgan fingerprint density at radius 2 is 2.38 bits per heavy atom. The van der Waals surface area contributed by atoms with Crippen LogP contribution in [0.5, 0.6) is 0 Å². The number of allylic oxidation sites excluding steroid dienone is 1. The number of fused-ring (bicyclic) bond motifs is 1. The maximum Gasteiger partial charge on any atom is 0.126 e. The molecule has 0 bridgehead atoms. The van der Waals surface area contributed by atoms with Crippen LogP contribution in [-0.4, -0.2) is 4.98 Å². The lowest BCUT2D eigenvalue weighted by Crippen LogP contribution is -1.84. The molecule has 1 heterocycles. The summed E-state index contributed by atoms with van der Waals surface area (Å²) in [6, 6.07) is 4.52. The quantitative estimate of drug-likeness (QED) is 0.830. The van der Waals surface area contributed by atoms with Crippen molar-refractivity contribution < 1.29 is 4.39 Å². The molecule has 0 saturated carbocycles. The van der Waals surface area contributed by atoms with Crippen LogP contribution in [0.4, 0.5) is 4.39 Å². The number of hydrogen-bond donors (Lipinski definition) is 1. The summed E-state index contributed by atoms with van der Waals surface area (Å²) in [6.07, 6.45) is 0.537. The van der Waals surface area contributed by atoms with Gasteiger partial charge in [-0.2, -0.15) is 5.26 Å². The van der Waals surface area contributed by atoms with Crippen LogP contribution in [0.3, 0.4) is 0 Å². The molecule has 2 aromatic rings. The Balaban J connectivity index is 2.61. The smallest absolute Gasteiger partial charge is 0.126 e. The summed E-state index contributed by atoms with van der Waals surface area (Å²) in [7, 11) is 0. The number of halogens is 1. The van der Waals surface area contributed by atoms with Gasteiger partial charge in [-0.05, 0) is 17.0 Å². The molecule has 0 spiro atoms. The molecule has 1 aromatic carbocycles. The van der Waals surface area contributed by atoms with Gasteiger partial charge in [0.2, 0.25) is 0 Å². The Morgan fingerprint density at radius 3 is 3.00 bits per heavy atom. The molecule has 0 aliphatic heterocycles. The van der Waals surface area contributed by atoms with Crippen molar-refractivity contribution in [3.63, 3.8) is 0 Å². The van der Waals surface area contributed by atoms with Crippen molar-refractivity contribution in [1.82, 2.24) is 4.98 Å². The second kappa shape index (κ2) is 4.24. The van der Waals surface area contributed by atoms with E-state index in [-0.39, 0.29) is 5.56 Å². The predicted molar refractivity (Wildman–Crippen MR) is 66.1 cm³/mol. The largest absolute Gasteiger partial charge is 0.239 e. The highest BCUT2D eigenvalue weighted by Gasteiger charge is 2.10. The van der Waals surface area contributed by atoms with E-state index in [1.807, 2.05) is 6.07 Å². The topological polar surface area (TPSA) is 36.7 Å². The average Bonchev–Trinajstić information content (AvgIpc) is 2.57. The van der Waals surface area contributed by atoms with Crippen LogP contribution in [0.2, 0.25) is 0 Å². The summed E-state index contributed by atoms with van der Waals surface area (Å²) in [5, 5.41) is 9.66. The summed E-state index contributed by atoms with van der Waals surface area (Å²) in [5.41, 5.74) is 0.820. The normalized spacial score (nSPS) is 10.3. The third kappa shape index (κ3) is 2.08. The Bertz CT molecular complexity index is 610. The van der Waals surface area contributed by atoms with Gasteiger partial charge in [-0.15, -0.1) is 24.0 Å². The Kier molecular flexibility index (Phi) is 2.95. The number of thiol groups is 1. The van der Waals surface area contributed by atoms with Crippen LogP contribution in [0.25, 0.3) is 10.2 Å². The molecule has 0 atom stereocenters. The van der Waals surface area contributed by atoms with Gasteiger partial charge in [0.25, 0.3) is 0 Å². The molecule has 0 saturated heterocycles. The molecule has 1 aromatic heterocycles. The third-order valence-electron chi connectivity index (χ3n) is 1.98. The fraction of sp³-hybridized carbons (Fsp3) is 0.0909. The van der Waals surface area contributed by atoms with E-state index in [0.29, 0.717) is 21.5 Å². The molecule has 0 unspecified atom stereocenters. The molecule has 0 radical (unpaired) electrons. The Morgan fingerprint density at radius 1 is 1.62 bits per heavy atom. The summed E-state index contributed by atoms with van der Waals surface area (Å²) >= 11 is 5.45. The Labute approximate surface area is 101 Å². The van der Waals surface area contributed by atoms with E-state index in [4.69, 9.17) is 5.26 Å². The van der Waals surface area contributed by atoms with Crippen molar-refractivity contribution in [2.45, 2.75) is 6.42 Å². The summed E-state index contributed by atoms with van der Waals surface area (Å²) < 4.78 is 13.8. The molecule has 0 aliphatic rings. The van der Waals surface area contributed by atoms with E-state index < -0.39 is 5.82 Å². The second-order valence-electron chi connectivity index (χ2n) is 3.26. The fourth-order valence-corrected chi connectivity index (χ4v) is 2.69. The fourth-order valence-electron chi connectivity index (χ4n) is 1.38. The molecule has 0 N–H and O–H groups in total. The van der Waals surface area contributed by atoms with Crippen molar-refractivity contribution in [1.29, 1.82) is 5.26 Å². The lowest BCUT2D eigenvalue weighted by atomic mass is 10.2. The molecule has 2 nitrogen and oxygen atoms in total. The van der Waals surface area contributed by atoms with Gasteiger partial charge in [0, 0.05) is 6.42 Å². The van der Waals surface area contributed by atoms with Crippen molar-refractivity contribution in [2.24, 2.45) is 0 Å². The van der Waals surface area contributed by atoms with Gasteiger partial charge in [0.15, 0.2) is 0 Å². The molecule has 0 amide bonds. The predicted octanol–water partition coefficient (Wildman–Crippen LogP) is 3.29. The minimum atomic E-state index is -0.413. The van der Waals surface area contributed by atoms with Gasteiger partial charge < -0.3 is 0 Å². The number of aromatic nitrogens is 1. The first-order valence-electron chi connectivity index (χ1n) is 4.46. The highest BCUT2D eigenvalue weighted by Crippen LogP contribution is 2.27.